The lowest BCUT2D eigenvalue weighted by molar-refractivity contribution is -0.129. The summed E-state index contributed by atoms with van der Waals surface area (Å²) in [5.41, 5.74) is 0. The normalized spacial score (nSPS) is 19.6. The van der Waals surface area contributed by atoms with Crippen molar-refractivity contribution in [3.63, 3.8) is 0 Å². The number of likely N-dealkylation sites (N-methyl/N-ethyl adjacent to an activating group) is 1. The maximum Gasteiger partial charge on any atom is 0.235 e. The highest BCUT2D eigenvalue weighted by molar-refractivity contribution is 9.10. The number of carbonyl (C=O) groups is 1. The number of rotatable bonds is 4. The SMILES string of the molecule is CC(Br)C(=O)N(C)CCN1CCCC1. The van der Waals surface area contributed by atoms with Gasteiger partial charge in [-0.25, -0.2) is 0 Å². The summed E-state index contributed by atoms with van der Waals surface area (Å²) in [5, 5.41) is 0. The Bertz CT molecular complexity index is 191. The minimum atomic E-state index is -0.0638. The van der Waals surface area contributed by atoms with E-state index in [1.165, 1.54) is 25.9 Å². The minimum Gasteiger partial charge on any atom is -0.344 e. The Morgan fingerprint density at radius 3 is 2.57 bits per heavy atom. The molecule has 0 N–H and O–H groups in total. The maximum atomic E-state index is 11.5. The molecule has 1 unspecified atom stereocenters. The van der Waals surface area contributed by atoms with E-state index in [1.807, 2.05) is 14.0 Å². The number of hydrogen-bond donors (Lipinski definition) is 0. The van der Waals surface area contributed by atoms with Gasteiger partial charge in [-0.3, -0.25) is 4.79 Å². The molecule has 3 nitrogen and oxygen atoms in total. The Balaban J connectivity index is 2.19. The van der Waals surface area contributed by atoms with Crippen molar-refractivity contribution in [1.29, 1.82) is 0 Å². The second kappa shape index (κ2) is 5.71. The first kappa shape index (κ1) is 12.0. The van der Waals surface area contributed by atoms with Gasteiger partial charge in [0.2, 0.25) is 5.91 Å². The van der Waals surface area contributed by atoms with Crippen LogP contribution in [0.3, 0.4) is 0 Å². The van der Waals surface area contributed by atoms with E-state index in [4.69, 9.17) is 0 Å². The Hall–Kier alpha value is -0.0900. The number of alkyl halides is 1. The zero-order chi connectivity index (χ0) is 10.6. The number of likely N-dealkylation sites (tertiary alicyclic amines) is 1. The number of hydrogen-bond acceptors (Lipinski definition) is 2. The summed E-state index contributed by atoms with van der Waals surface area (Å²) in [7, 11) is 1.87. The third kappa shape index (κ3) is 3.58. The topological polar surface area (TPSA) is 23.6 Å². The van der Waals surface area contributed by atoms with Gasteiger partial charge in [0.25, 0.3) is 0 Å². The van der Waals surface area contributed by atoms with Crippen LogP contribution in [-0.4, -0.2) is 53.8 Å². The summed E-state index contributed by atoms with van der Waals surface area (Å²) in [5.74, 6) is 0.171. The zero-order valence-electron chi connectivity index (χ0n) is 9.00. The highest BCUT2D eigenvalue weighted by atomic mass is 79.9. The lowest BCUT2D eigenvalue weighted by atomic mass is 10.4. The Morgan fingerprint density at radius 2 is 2.07 bits per heavy atom. The first-order chi connectivity index (χ1) is 6.61. The van der Waals surface area contributed by atoms with E-state index < -0.39 is 0 Å². The van der Waals surface area contributed by atoms with Crippen LogP contribution in [0, 0.1) is 0 Å². The summed E-state index contributed by atoms with van der Waals surface area (Å²) < 4.78 is 0. The van der Waals surface area contributed by atoms with Crippen LogP contribution in [0.5, 0.6) is 0 Å². The number of carbonyl (C=O) groups excluding carboxylic acids is 1. The third-order valence-electron chi connectivity index (χ3n) is 2.67. The molecule has 1 saturated heterocycles. The predicted molar refractivity (Wildman–Crippen MR) is 61.7 cm³/mol. The highest BCUT2D eigenvalue weighted by Crippen LogP contribution is 2.07. The van der Waals surface area contributed by atoms with Gasteiger partial charge in [-0.05, 0) is 32.9 Å². The second-order valence-electron chi connectivity index (χ2n) is 3.92. The molecule has 0 aromatic heterocycles. The van der Waals surface area contributed by atoms with E-state index in [9.17, 15) is 4.79 Å². The van der Waals surface area contributed by atoms with Crippen LogP contribution in [0.4, 0.5) is 0 Å². The molecule has 1 aliphatic rings. The molecule has 0 bridgehead atoms. The van der Waals surface area contributed by atoms with E-state index in [0.717, 1.165) is 13.1 Å². The van der Waals surface area contributed by atoms with E-state index >= 15 is 0 Å². The van der Waals surface area contributed by atoms with Gasteiger partial charge in [0.1, 0.15) is 0 Å². The Morgan fingerprint density at radius 1 is 1.50 bits per heavy atom. The largest absolute Gasteiger partial charge is 0.344 e. The van der Waals surface area contributed by atoms with Crippen LogP contribution in [0.15, 0.2) is 0 Å². The molecular formula is C10H19BrN2O. The molecule has 1 aliphatic heterocycles. The fraction of sp³-hybridized carbons (Fsp3) is 0.900. The van der Waals surface area contributed by atoms with Crippen molar-refractivity contribution in [2.24, 2.45) is 0 Å². The summed E-state index contributed by atoms with van der Waals surface area (Å²) in [6.07, 6.45) is 2.62. The van der Waals surface area contributed by atoms with E-state index in [0.29, 0.717) is 0 Å². The van der Waals surface area contributed by atoms with Crippen LogP contribution in [0.2, 0.25) is 0 Å². The molecule has 4 heteroatoms. The van der Waals surface area contributed by atoms with Crippen LogP contribution in [0.25, 0.3) is 0 Å². The van der Waals surface area contributed by atoms with Crippen molar-refractivity contribution >= 4 is 21.8 Å². The minimum absolute atomic E-state index is 0.0638. The van der Waals surface area contributed by atoms with Gasteiger partial charge >= 0.3 is 0 Å². The molecule has 1 heterocycles. The standard InChI is InChI=1S/C10H19BrN2O/c1-9(11)10(14)12(2)7-8-13-5-3-4-6-13/h9H,3-8H2,1-2H3. The van der Waals surface area contributed by atoms with Gasteiger partial charge in [0, 0.05) is 20.1 Å². The highest BCUT2D eigenvalue weighted by Gasteiger charge is 2.16. The molecule has 0 aliphatic carbocycles. The molecule has 0 radical (unpaired) electrons. The summed E-state index contributed by atoms with van der Waals surface area (Å²) in [6.45, 7) is 6.13. The van der Waals surface area contributed by atoms with Crippen molar-refractivity contribution in [2.75, 3.05) is 33.2 Å². The summed E-state index contributed by atoms with van der Waals surface area (Å²) in [6, 6.07) is 0. The van der Waals surface area contributed by atoms with Crippen molar-refractivity contribution in [2.45, 2.75) is 24.6 Å². The maximum absolute atomic E-state index is 11.5. The number of amides is 1. The lowest BCUT2D eigenvalue weighted by Gasteiger charge is -2.22. The Kier molecular flexibility index (Phi) is 4.89. The average Bonchev–Trinajstić information content (AvgIpc) is 2.65. The van der Waals surface area contributed by atoms with Crippen LogP contribution >= 0.6 is 15.9 Å². The van der Waals surface area contributed by atoms with Gasteiger partial charge in [-0.2, -0.15) is 0 Å². The second-order valence-corrected chi connectivity index (χ2v) is 5.30. The van der Waals surface area contributed by atoms with Crippen molar-refractivity contribution in [1.82, 2.24) is 9.80 Å². The van der Waals surface area contributed by atoms with E-state index in [-0.39, 0.29) is 10.7 Å². The molecule has 1 amide bonds. The fourth-order valence-corrected chi connectivity index (χ4v) is 2.06. The molecule has 1 atom stereocenters. The van der Waals surface area contributed by atoms with Gasteiger partial charge in [-0.15, -0.1) is 0 Å². The van der Waals surface area contributed by atoms with Crippen molar-refractivity contribution < 1.29 is 4.79 Å². The smallest absolute Gasteiger partial charge is 0.235 e. The molecule has 1 rings (SSSR count). The summed E-state index contributed by atoms with van der Waals surface area (Å²) in [4.78, 5) is 15.7. The zero-order valence-corrected chi connectivity index (χ0v) is 10.6. The van der Waals surface area contributed by atoms with Crippen molar-refractivity contribution in [3.8, 4) is 0 Å². The van der Waals surface area contributed by atoms with Gasteiger partial charge in [-0.1, -0.05) is 15.9 Å². The lowest BCUT2D eigenvalue weighted by Crippen LogP contribution is -2.38. The Labute approximate surface area is 94.6 Å². The molecular weight excluding hydrogens is 244 g/mol. The quantitative estimate of drug-likeness (QED) is 0.714. The van der Waals surface area contributed by atoms with E-state index in [2.05, 4.69) is 20.8 Å². The van der Waals surface area contributed by atoms with Gasteiger partial charge in [0.15, 0.2) is 0 Å². The molecule has 1 fully saturated rings. The van der Waals surface area contributed by atoms with Gasteiger partial charge in [0.05, 0.1) is 4.83 Å². The molecule has 82 valence electrons. The number of halogens is 1. The van der Waals surface area contributed by atoms with Gasteiger partial charge < -0.3 is 9.80 Å². The van der Waals surface area contributed by atoms with Crippen LogP contribution < -0.4 is 0 Å². The first-order valence-electron chi connectivity index (χ1n) is 5.22. The third-order valence-corrected chi connectivity index (χ3v) is 3.06. The average molecular weight is 263 g/mol. The monoisotopic (exact) mass is 262 g/mol. The number of nitrogens with zero attached hydrogens (tertiary/aromatic N) is 2. The molecule has 14 heavy (non-hydrogen) atoms. The predicted octanol–water partition coefficient (Wildman–Crippen LogP) is 1.32. The molecule has 0 spiro atoms. The van der Waals surface area contributed by atoms with E-state index in [1.54, 1.807) is 4.90 Å². The van der Waals surface area contributed by atoms with Crippen LogP contribution in [-0.2, 0) is 4.79 Å². The molecule has 0 aromatic rings. The van der Waals surface area contributed by atoms with Crippen molar-refractivity contribution in [3.05, 3.63) is 0 Å². The molecule has 0 aromatic carbocycles. The molecule has 0 saturated carbocycles. The van der Waals surface area contributed by atoms with Crippen LogP contribution in [0.1, 0.15) is 19.8 Å². The fourth-order valence-electron chi connectivity index (χ4n) is 1.71. The first-order valence-corrected chi connectivity index (χ1v) is 6.14. The summed E-state index contributed by atoms with van der Waals surface area (Å²) >= 11 is 3.29.